The van der Waals surface area contributed by atoms with E-state index < -0.39 is 0 Å². The molecule has 0 atom stereocenters. The van der Waals surface area contributed by atoms with Crippen LogP contribution in [-0.4, -0.2) is 46.8 Å². The summed E-state index contributed by atoms with van der Waals surface area (Å²) in [4.78, 5) is 14.9. The molecule has 26 heavy (non-hydrogen) atoms. The zero-order valence-electron chi connectivity index (χ0n) is 15.9. The Balaban J connectivity index is 1.47. The molecule has 2 aromatic rings. The molecule has 0 spiro atoms. The maximum atomic E-state index is 12.5. The lowest BCUT2D eigenvalue weighted by Gasteiger charge is -2.31. The van der Waals surface area contributed by atoms with Crippen LogP contribution in [0, 0.1) is 6.92 Å². The smallest absolute Gasteiger partial charge is 0.254 e. The van der Waals surface area contributed by atoms with E-state index >= 15 is 0 Å². The second-order valence-electron chi connectivity index (χ2n) is 7.27. The number of benzene rings is 1. The summed E-state index contributed by atoms with van der Waals surface area (Å²) in [5.41, 5.74) is 2.49. The predicted molar refractivity (Wildman–Crippen MR) is 105 cm³/mol. The fourth-order valence-electron chi connectivity index (χ4n) is 3.79. The van der Waals surface area contributed by atoms with E-state index in [1.54, 1.807) is 6.20 Å². The van der Waals surface area contributed by atoms with E-state index in [0.29, 0.717) is 12.1 Å². The van der Waals surface area contributed by atoms with Crippen molar-refractivity contribution < 1.29 is 4.79 Å². The maximum Gasteiger partial charge on any atom is 0.254 e. The standard InChI is InChI=1S/C21H30N4O/c1-17-20(16-23-25(17)19-12-7-4-8-13-19)21(26)22-14-9-15-24(2)18-10-5-3-6-11-18/h4,7-8,12-13,16,18H,3,5-6,9-11,14-15H2,1-2H3,(H,22,26). The highest BCUT2D eigenvalue weighted by molar-refractivity contribution is 5.95. The number of hydrogen-bond acceptors (Lipinski definition) is 3. The van der Waals surface area contributed by atoms with Crippen LogP contribution in [-0.2, 0) is 0 Å². The molecule has 3 rings (SSSR count). The number of hydrogen-bond donors (Lipinski definition) is 1. The highest BCUT2D eigenvalue weighted by Crippen LogP contribution is 2.21. The van der Waals surface area contributed by atoms with E-state index in [0.717, 1.165) is 30.4 Å². The van der Waals surface area contributed by atoms with Gasteiger partial charge in [-0.1, -0.05) is 37.5 Å². The Kier molecular flexibility index (Phi) is 6.45. The van der Waals surface area contributed by atoms with Gasteiger partial charge < -0.3 is 10.2 Å². The van der Waals surface area contributed by atoms with Crippen LogP contribution >= 0.6 is 0 Å². The lowest BCUT2D eigenvalue weighted by molar-refractivity contribution is 0.0950. The molecular formula is C21H30N4O. The van der Waals surface area contributed by atoms with Gasteiger partial charge in [0.2, 0.25) is 0 Å². The van der Waals surface area contributed by atoms with Crippen molar-refractivity contribution in [1.82, 2.24) is 20.0 Å². The minimum Gasteiger partial charge on any atom is -0.352 e. The lowest BCUT2D eigenvalue weighted by atomic mass is 9.94. The molecule has 1 N–H and O–H groups in total. The van der Waals surface area contributed by atoms with E-state index in [1.807, 2.05) is 41.9 Å². The highest BCUT2D eigenvalue weighted by Gasteiger charge is 2.18. The van der Waals surface area contributed by atoms with Gasteiger partial charge in [-0.25, -0.2) is 4.68 Å². The van der Waals surface area contributed by atoms with Crippen molar-refractivity contribution in [2.75, 3.05) is 20.1 Å². The third kappa shape index (κ3) is 4.52. The van der Waals surface area contributed by atoms with Gasteiger partial charge in [0, 0.05) is 12.6 Å². The number of para-hydroxylation sites is 1. The van der Waals surface area contributed by atoms with Crippen LogP contribution in [0.4, 0.5) is 0 Å². The van der Waals surface area contributed by atoms with Crippen LogP contribution < -0.4 is 5.32 Å². The zero-order chi connectivity index (χ0) is 18.4. The van der Waals surface area contributed by atoms with Crippen molar-refractivity contribution in [3.8, 4) is 5.69 Å². The van der Waals surface area contributed by atoms with Gasteiger partial charge in [0.15, 0.2) is 0 Å². The van der Waals surface area contributed by atoms with Gasteiger partial charge >= 0.3 is 0 Å². The molecule has 1 aliphatic rings. The van der Waals surface area contributed by atoms with Crippen LogP contribution in [0.2, 0.25) is 0 Å². The minimum absolute atomic E-state index is 0.0370. The summed E-state index contributed by atoms with van der Waals surface area (Å²) >= 11 is 0. The molecule has 5 heteroatoms. The molecule has 1 heterocycles. The van der Waals surface area contributed by atoms with E-state index in [4.69, 9.17) is 0 Å². The SMILES string of the molecule is Cc1c(C(=O)NCCCN(C)C2CCCCC2)cnn1-c1ccccc1. The normalized spacial score (nSPS) is 15.3. The first-order valence-electron chi connectivity index (χ1n) is 9.75. The van der Waals surface area contributed by atoms with Gasteiger partial charge in [-0.05, 0) is 51.9 Å². The van der Waals surface area contributed by atoms with Crippen molar-refractivity contribution >= 4 is 5.91 Å². The monoisotopic (exact) mass is 354 g/mol. The molecule has 1 amide bonds. The summed E-state index contributed by atoms with van der Waals surface area (Å²) in [5, 5.41) is 7.42. The van der Waals surface area contributed by atoms with Crippen molar-refractivity contribution in [3.05, 3.63) is 47.8 Å². The number of carbonyl (C=O) groups is 1. The zero-order valence-corrected chi connectivity index (χ0v) is 15.9. The van der Waals surface area contributed by atoms with E-state index in [-0.39, 0.29) is 5.91 Å². The average molecular weight is 354 g/mol. The van der Waals surface area contributed by atoms with Crippen LogP contribution in [0.15, 0.2) is 36.5 Å². The van der Waals surface area contributed by atoms with E-state index in [2.05, 4.69) is 22.4 Å². The number of nitrogens with one attached hydrogen (secondary N) is 1. The van der Waals surface area contributed by atoms with E-state index in [9.17, 15) is 4.79 Å². The summed E-state index contributed by atoms with van der Waals surface area (Å²) in [5.74, 6) is -0.0370. The van der Waals surface area contributed by atoms with Crippen LogP contribution in [0.3, 0.4) is 0 Å². The highest BCUT2D eigenvalue weighted by atomic mass is 16.1. The summed E-state index contributed by atoms with van der Waals surface area (Å²) in [6, 6.07) is 10.6. The Labute approximate surface area is 156 Å². The van der Waals surface area contributed by atoms with Gasteiger partial charge in [-0.15, -0.1) is 0 Å². The predicted octanol–water partition coefficient (Wildman–Crippen LogP) is 3.57. The lowest BCUT2D eigenvalue weighted by Crippen LogP contribution is -2.35. The van der Waals surface area contributed by atoms with Gasteiger partial charge in [0.25, 0.3) is 5.91 Å². The summed E-state index contributed by atoms with van der Waals surface area (Å²) in [7, 11) is 2.21. The quantitative estimate of drug-likeness (QED) is 0.774. The molecule has 0 radical (unpaired) electrons. The van der Waals surface area contributed by atoms with Crippen molar-refractivity contribution in [2.45, 2.75) is 51.5 Å². The van der Waals surface area contributed by atoms with Crippen LogP contribution in [0.1, 0.15) is 54.6 Å². The molecule has 5 nitrogen and oxygen atoms in total. The van der Waals surface area contributed by atoms with Crippen molar-refractivity contribution in [2.24, 2.45) is 0 Å². The fraction of sp³-hybridized carbons (Fsp3) is 0.524. The fourth-order valence-corrected chi connectivity index (χ4v) is 3.79. The molecule has 1 aliphatic carbocycles. The van der Waals surface area contributed by atoms with E-state index in [1.165, 1.54) is 32.1 Å². The summed E-state index contributed by atoms with van der Waals surface area (Å²) in [6.07, 6.45) is 9.38. The van der Waals surface area contributed by atoms with Gasteiger partial charge in [0.05, 0.1) is 23.1 Å². The number of amides is 1. The molecule has 0 saturated heterocycles. The topological polar surface area (TPSA) is 50.2 Å². The van der Waals surface area contributed by atoms with Crippen LogP contribution in [0.25, 0.3) is 5.69 Å². The molecule has 0 bridgehead atoms. The van der Waals surface area contributed by atoms with Gasteiger partial charge in [-0.2, -0.15) is 5.10 Å². The third-order valence-corrected chi connectivity index (χ3v) is 5.43. The molecule has 1 aromatic heterocycles. The second-order valence-corrected chi connectivity index (χ2v) is 7.27. The first-order chi connectivity index (χ1) is 12.7. The first-order valence-corrected chi connectivity index (χ1v) is 9.75. The Bertz CT molecular complexity index is 704. The molecular weight excluding hydrogens is 324 g/mol. The van der Waals surface area contributed by atoms with Crippen molar-refractivity contribution in [3.63, 3.8) is 0 Å². The Morgan fingerprint density at radius 3 is 2.69 bits per heavy atom. The number of carbonyl (C=O) groups excluding carboxylic acids is 1. The van der Waals surface area contributed by atoms with Crippen molar-refractivity contribution in [1.29, 1.82) is 0 Å². The third-order valence-electron chi connectivity index (χ3n) is 5.43. The van der Waals surface area contributed by atoms with Gasteiger partial charge in [0.1, 0.15) is 0 Å². The Morgan fingerprint density at radius 2 is 1.96 bits per heavy atom. The number of rotatable bonds is 7. The largest absolute Gasteiger partial charge is 0.352 e. The maximum absolute atomic E-state index is 12.5. The molecule has 1 saturated carbocycles. The molecule has 0 unspecified atom stereocenters. The average Bonchev–Trinajstić information content (AvgIpc) is 3.07. The van der Waals surface area contributed by atoms with Crippen LogP contribution in [0.5, 0.6) is 0 Å². The molecule has 1 fully saturated rings. The first kappa shape index (κ1) is 18.6. The Hall–Kier alpha value is -2.14. The Morgan fingerprint density at radius 1 is 1.23 bits per heavy atom. The summed E-state index contributed by atoms with van der Waals surface area (Å²) in [6.45, 7) is 3.67. The molecule has 0 aliphatic heterocycles. The second kappa shape index (κ2) is 8.99. The van der Waals surface area contributed by atoms with Gasteiger partial charge in [-0.3, -0.25) is 4.79 Å². The number of nitrogens with zero attached hydrogens (tertiary/aromatic N) is 3. The minimum atomic E-state index is -0.0370. The number of aromatic nitrogens is 2. The molecule has 140 valence electrons. The molecule has 1 aromatic carbocycles. The summed E-state index contributed by atoms with van der Waals surface area (Å²) < 4.78 is 1.81.